The van der Waals surface area contributed by atoms with Crippen molar-refractivity contribution in [3.63, 3.8) is 0 Å². The summed E-state index contributed by atoms with van der Waals surface area (Å²) in [5.41, 5.74) is 0. The van der Waals surface area contributed by atoms with E-state index in [1.165, 1.54) is 289 Å². The number of carbonyl (C=O) groups excluding carboxylic acids is 3. The van der Waals surface area contributed by atoms with Crippen molar-refractivity contribution in [3.05, 3.63) is 24.3 Å². The standard InChI is InChI=1S/C71H134O6/c1-4-7-10-13-16-19-22-25-27-29-31-32-33-34-35-36-37-38-40-41-43-46-49-52-55-58-61-64-70(73)76-67-68(66-75-69(72)63-60-57-54-51-48-45-24-21-18-15-12-9-6-3)77-71(74)65-62-59-56-53-50-47-44-42-39-30-28-26-23-20-17-14-11-8-5-2/h21,24,29,31,68H,4-20,22-23,25-28,30,32-67H2,1-3H3/b24-21-,31-29-. The smallest absolute Gasteiger partial charge is 0.306 e. The minimum Gasteiger partial charge on any atom is -0.462 e. The van der Waals surface area contributed by atoms with Crippen LogP contribution >= 0.6 is 0 Å². The first-order chi connectivity index (χ1) is 38.0. The molecular weight excluding hydrogens is 949 g/mol. The van der Waals surface area contributed by atoms with E-state index < -0.39 is 6.10 Å². The van der Waals surface area contributed by atoms with Crippen LogP contribution in [0.2, 0.25) is 0 Å². The van der Waals surface area contributed by atoms with Gasteiger partial charge in [-0.05, 0) is 70.6 Å². The van der Waals surface area contributed by atoms with Gasteiger partial charge in [0.2, 0.25) is 0 Å². The lowest BCUT2D eigenvalue weighted by atomic mass is 10.0. The third kappa shape index (κ3) is 64.6. The Morgan fingerprint density at radius 1 is 0.247 bits per heavy atom. The zero-order valence-electron chi connectivity index (χ0n) is 52.3. The summed E-state index contributed by atoms with van der Waals surface area (Å²) in [5, 5.41) is 0. The molecule has 0 N–H and O–H groups in total. The van der Waals surface area contributed by atoms with Gasteiger partial charge in [0.15, 0.2) is 6.10 Å². The zero-order chi connectivity index (χ0) is 55.7. The van der Waals surface area contributed by atoms with Crippen LogP contribution in [0.25, 0.3) is 0 Å². The molecule has 0 aliphatic carbocycles. The van der Waals surface area contributed by atoms with Crippen LogP contribution in [-0.2, 0) is 28.6 Å². The number of carbonyl (C=O) groups is 3. The maximum absolute atomic E-state index is 12.9. The zero-order valence-corrected chi connectivity index (χ0v) is 52.3. The number of esters is 3. The van der Waals surface area contributed by atoms with Crippen LogP contribution < -0.4 is 0 Å². The summed E-state index contributed by atoms with van der Waals surface area (Å²) >= 11 is 0. The first kappa shape index (κ1) is 74.9. The normalized spacial score (nSPS) is 12.1. The summed E-state index contributed by atoms with van der Waals surface area (Å²) in [6.45, 7) is 6.70. The number of ether oxygens (including phenoxy) is 3. The first-order valence-corrected chi connectivity index (χ1v) is 34.8. The van der Waals surface area contributed by atoms with Gasteiger partial charge >= 0.3 is 17.9 Å². The van der Waals surface area contributed by atoms with Crippen LogP contribution in [0.4, 0.5) is 0 Å². The Morgan fingerprint density at radius 3 is 0.662 bits per heavy atom. The Hall–Kier alpha value is -2.11. The molecule has 0 radical (unpaired) electrons. The van der Waals surface area contributed by atoms with Crippen molar-refractivity contribution in [3.8, 4) is 0 Å². The molecule has 6 heteroatoms. The van der Waals surface area contributed by atoms with Crippen LogP contribution in [0.3, 0.4) is 0 Å². The largest absolute Gasteiger partial charge is 0.462 e. The van der Waals surface area contributed by atoms with E-state index in [0.717, 1.165) is 64.2 Å². The summed E-state index contributed by atoms with van der Waals surface area (Å²) < 4.78 is 17.0. The first-order valence-electron chi connectivity index (χ1n) is 34.8. The Kier molecular flexibility index (Phi) is 64.6. The molecule has 0 aromatic carbocycles. The molecule has 77 heavy (non-hydrogen) atoms. The van der Waals surface area contributed by atoms with Gasteiger partial charge in [-0.1, -0.05) is 328 Å². The number of allylic oxidation sites excluding steroid dienone is 4. The van der Waals surface area contributed by atoms with Crippen LogP contribution in [0, 0.1) is 0 Å². The highest BCUT2D eigenvalue weighted by atomic mass is 16.6. The van der Waals surface area contributed by atoms with Crippen LogP contribution in [0.5, 0.6) is 0 Å². The number of rotatable bonds is 65. The quantitative estimate of drug-likeness (QED) is 0.0261. The average molecular weight is 1080 g/mol. The minimum atomic E-state index is -0.771. The van der Waals surface area contributed by atoms with Gasteiger partial charge in [0.25, 0.3) is 0 Å². The summed E-state index contributed by atoms with van der Waals surface area (Å²) in [5.74, 6) is -0.846. The van der Waals surface area contributed by atoms with E-state index in [4.69, 9.17) is 14.2 Å². The van der Waals surface area contributed by atoms with Crippen LogP contribution in [0.1, 0.15) is 393 Å². The summed E-state index contributed by atoms with van der Waals surface area (Å²) in [6, 6.07) is 0. The van der Waals surface area contributed by atoms with E-state index in [0.29, 0.717) is 19.3 Å². The molecule has 0 heterocycles. The van der Waals surface area contributed by atoms with E-state index >= 15 is 0 Å². The molecular formula is C71H134O6. The van der Waals surface area contributed by atoms with Gasteiger partial charge in [-0.3, -0.25) is 14.4 Å². The van der Waals surface area contributed by atoms with E-state index in [1.807, 2.05) is 0 Å². The van der Waals surface area contributed by atoms with E-state index in [2.05, 4.69) is 45.1 Å². The topological polar surface area (TPSA) is 78.9 Å². The van der Waals surface area contributed by atoms with Gasteiger partial charge in [-0.15, -0.1) is 0 Å². The fourth-order valence-corrected chi connectivity index (χ4v) is 10.7. The number of unbranched alkanes of at least 4 members (excludes halogenated alkanes) is 50. The second-order valence-corrected chi connectivity index (χ2v) is 23.8. The molecule has 0 rings (SSSR count). The second-order valence-electron chi connectivity index (χ2n) is 23.8. The van der Waals surface area contributed by atoms with Gasteiger partial charge in [-0.2, -0.15) is 0 Å². The number of hydrogen-bond donors (Lipinski definition) is 0. The van der Waals surface area contributed by atoms with Crippen molar-refractivity contribution in [1.29, 1.82) is 0 Å². The fraction of sp³-hybridized carbons (Fsp3) is 0.901. The number of hydrogen-bond acceptors (Lipinski definition) is 6. The Morgan fingerprint density at radius 2 is 0.429 bits per heavy atom. The molecule has 454 valence electrons. The Balaban J connectivity index is 4.20. The van der Waals surface area contributed by atoms with Gasteiger partial charge < -0.3 is 14.2 Å². The van der Waals surface area contributed by atoms with Crippen molar-refractivity contribution in [2.24, 2.45) is 0 Å². The minimum absolute atomic E-state index is 0.0679. The van der Waals surface area contributed by atoms with Gasteiger partial charge in [0, 0.05) is 19.3 Å². The summed E-state index contributed by atoms with van der Waals surface area (Å²) in [7, 11) is 0. The molecule has 1 atom stereocenters. The van der Waals surface area contributed by atoms with Crippen LogP contribution in [0.15, 0.2) is 24.3 Å². The van der Waals surface area contributed by atoms with Gasteiger partial charge in [-0.25, -0.2) is 0 Å². The Labute approximate surface area is 481 Å². The molecule has 0 bridgehead atoms. The molecule has 0 spiro atoms. The van der Waals surface area contributed by atoms with Gasteiger partial charge in [0.05, 0.1) is 0 Å². The molecule has 1 unspecified atom stereocenters. The predicted octanol–water partition coefficient (Wildman–Crippen LogP) is 23.8. The fourth-order valence-electron chi connectivity index (χ4n) is 10.7. The molecule has 0 fully saturated rings. The maximum atomic E-state index is 12.9. The maximum Gasteiger partial charge on any atom is 0.306 e. The SMILES string of the molecule is CCCCCC/C=C\CCCCCCCC(=O)OCC(COC(=O)CCCCCCCCCCCCCCCCC/C=C\CCCCCCCCCC)OC(=O)CCCCCCCCCCCCCCCCCCCCC. The molecule has 0 saturated heterocycles. The van der Waals surface area contributed by atoms with E-state index in [-0.39, 0.29) is 31.1 Å². The van der Waals surface area contributed by atoms with Crippen molar-refractivity contribution in [1.82, 2.24) is 0 Å². The molecule has 0 aliphatic rings. The van der Waals surface area contributed by atoms with Crippen LogP contribution in [-0.4, -0.2) is 37.2 Å². The highest BCUT2D eigenvalue weighted by molar-refractivity contribution is 5.71. The second kappa shape index (κ2) is 66.4. The molecule has 0 aliphatic heterocycles. The van der Waals surface area contributed by atoms with Gasteiger partial charge in [0.1, 0.15) is 13.2 Å². The molecule has 0 aromatic rings. The molecule has 0 amide bonds. The third-order valence-electron chi connectivity index (χ3n) is 15.9. The lowest BCUT2D eigenvalue weighted by Crippen LogP contribution is -2.30. The lowest BCUT2D eigenvalue weighted by Gasteiger charge is -2.18. The molecule has 0 saturated carbocycles. The molecule has 6 nitrogen and oxygen atoms in total. The Bertz CT molecular complexity index is 1240. The lowest BCUT2D eigenvalue weighted by molar-refractivity contribution is -0.167. The van der Waals surface area contributed by atoms with E-state index in [1.54, 1.807) is 0 Å². The van der Waals surface area contributed by atoms with E-state index in [9.17, 15) is 14.4 Å². The van der Waals surface area contributed by atoms with Crippen molar-refractivity contribution in [2.75, 3.05) is 13.2 Å². The average Bonchev–Trinajstić information content (AvgIpc) is 3.43. The summed E-state index contributed by atoms with van der Waals surface area (Å²) in [6.07, 6.45) is 80.6. The molecule has 0 aromatic heterocycles. The monoisotopic (exact) mass is 1080 g/mol. The van der Waals surface area contributed by atoms with Crippen molar-refractivity contribution >= 4 is 17.9 Å². The summed E-state index contributed by atoms with van der Waals surface area (Å²) in [4.78, 5) is 38.4. The predicted molar refractivity (Wildman–Crippen MR) is 335 cm³/mol. The highest BCUT2D eigenvalue weighted by Crippen LogP contribution is 2.18. The van der Waals surface area contributed by atoms with Crippen molar-refractivity contribution < 1.29 is 28.6 Å². The van der Waals surface area contributed by atoms with Crippen molar-refractivity contribution in [2.45, 2.75) is 399 Å². The highest BCUT2D eigenvalue weighted by Gasteiger charge is 2.19. The third-order valence-corrected chi connectivity index (χ3v) is 15.9.